The van der Waals surface area contributed by atoms with E-state index in [2.05, 4.69) is 95.8 Å². The molecule has 0 aliphatic heterocycles. The average molecular weight is 460 g/mol. The molecule has 0 atom stereocenters. The Kier molecular flexibility index (Phi) is 10.5. The molecule has 0 radical (unpaired) electrons. The van der Waals surface area contributed by atoms with E-state index in [4.69, 9.17) is 5.73 Å². The first kappa shape index (κ1) is 25.6. The summed E-state index contributed by atoms with van der Waals surface area (Å²) in [6.45, 7) is 4.07. The van der Waals surface area contributed by atoms with E-state index < -0.39 is 7.05 Å². The molecule has 0 heterocycles. The third kappa shape index (κ3) is 6.97. The predicted molar refractivity (Wildman–Crippen MR) is 145 cm³/mol. The molecule has 3 rings (SSSR count). The highest BCUT2D eigenvalue weighted by Crippen LogP contribution is 2.48. The van der Waals surface area contributed by atoms with Crippen LogP contribution in [0.25, 0.3) is 0 Å². The first-order valence-corrected chi connectivity index (χ1v) is 13.1. The number of unbranched alkanes of at least 4 members (excludes halogenated alkanes) is 3. The van der Waals surface area contributed by atoms with E-state index in [9.17, 15) is 5.02 Å². The lowest BCUT2D eigenvalue weighted by Gasteiger charge is -2.35. The number of nitrogens with zero attached hydrogens (tertiary/aromatic N) is 1. The van der Waals surface area contributed by atoms with Crippen molar-refractivity contribution in [3.8, 4) is 0 Å². The molecule has 0 spiro atoms. The second kappa shape index (κ2) is 13.6. The Morgan fingerprint density at radius 2 is 1.18 bits per heavy atom. The maximum Gasteiger partial charge on any atom is 0.376 e. The Morgan fingerprint density at radius 1 is 0.727 bits per heavy atom. The molecular formula is C28H37BN2OS. The van der Waals surface area contributed by atoms with Gasteiger partial charge in [0.25, 0.3) is 0 Å². The van der Waals surface area contributed by atoms with Crippen molar-refractivity contribution in [1.82, 2.24) is 4.81 Å². The van der Waals surface area contributed by atoms with Crippen LogP contribution < -0.4 is 5.73 Å². The molecule has 0 aliphatic carbocycles. The molecule has 5 heteroatoms. The van der Waals surface area contributed by atoms with E-state index in [-0.39, 0.29) is 4.75 Å². The standard InChI is InChI=1S/C28H37BN2OS/c1-29(32)31(23-21-30)22-13-2-3-14-24-33-28(25-15-7-4-8-16-25,26-17-9-5-10-18-26)27-19-11-6-12-20-27/h4-12,15-20,32H,2-3,13-14,21-24,30H2,1H3. The van der Waals surface area contributed by atoms with Crippen LogP contribution in [0.5, 0.6) is 0 Å². The Bertz CT molecular complexity index is 812. The van der Waals surface area contributed by atoms with E-state index in [1.807, 2.05) is 18.6 Å². The molecule has 3 aromatic carbocycles. The molecule has 3 N–H and O–H groups in total. The van der Waals surface area contributed by atoms with Crippen molar-refractivity contribution in [1.29, 1.82) is 0 Å². The van der Waals surface area contributed by atoms with Gasteiger partial charge in [0.15, 0.2) is 0 Å². The van der Waals surface area contributed by atoms with Crippen molar-refractivity contribution in [3.63, 3.8) is 0 Å². The monoisotopic (exact) mass is 460 g/mol. The summed E-state index contributed by atoms with van der Waals surface area (Å²) in [5, 5.41) is 9.87. The topological polar surface area (TPSA) is 49.5 Å². The maximum atomic E-state index is 9.87. The van der Waals surface area contributed by atoms with Crippen LogP contribution in [-0.2, 0) is 4.75 Å². The molecule has 3 nitrogen and oxygen atoms in total. The third-order valence-corrected chi connectivity index (χ3v) is 7.78. The van der Waals surface area contributed by atoms with Crippen LogP contribution in [0.1, 0.15) is 42.4 Å². The summed E-state index contributed by atoms with van der Waals surface area (Å²) >= 11 is 2.04. The van der Waals surface area contributed by atoms with Gasteiger partial charge >= 0.3 is 7.05 Å². The van der Waals surface area contributed by atoms with Crippen LogP contribution in [0.2, 0.25) is 6.82 Å². The Hall–Kier alpha value is -2.05. The summed E-state index contributed by atoms with van der Waals surface area (Å²) in [4.78, 5) is 2.06. The summed E-state index contributed by atoms with van der Waals surface area (Å²) in [5.41, 5.74) is 9.63. The van der Waals surface area contributed by atoms with Gasteiger partial charge < -0.3 is 15.6 Å². The summed E-state index contributed by atoms with van der Waals surface area (Å²) in [6, 6.07) is 32.7. The van der Waals surface area contributed by atoms with Gasteiger partial charge in [-0.3, -0.25) is 0 Å². The fraction of sp³-hybridized carbons (Fsp3) is 0.357. The van der Waals surface area contributed by atoms with Gasteiger partial charge in [0.1, 0.15) is 0 Å². The molecule has 0 saturated heterocycles. The van der Waals surface area contributed by atoms with Crippen LogP contribution in [0.4, 0.5) is 0 Å². The zero-order valence-electron chi connectivity index (χ0n) is 19.8. The van der Waals surface area contributed by atoms with E-state index in [0.717, 1.165) is 25.3 Å². The second-order valence-corrected chi connectivity index (χ2v) is 9.81. The molecule has 0 amide bonds. The van der Waals surface area contributed by atoms with E-state index >= 15 is 0 Å². The molecular weight excluding hydrogens is 423 g/mol. The largest absolute Gasteiger partial charge is 0.437 e. The summed E-state index contributed by atoms with van der Waals surface area (Å²) in [7, 11) is -0.424. The van der Waals surface area contributed by atoms with Crippen LogP contribution in [-0.4, -0.2) is 42.3 Å². The summed E-state index contributed by atoms with van der Waals surface area (Å²) < 4.78 is -0.228. The van der Waals surface area contributed by atoms with E-state index in [1.54, 1.807) is 0 Å². The normalized spacial score (nSPS) is 11.6. The molecule has 0 aliphatic rings. The summed E-state index contributed by atoms with van der Waals surface area (Å²) in [6.07, 6.45) is 4.63. The van der Waals surface area contributed by atoms with Crippen molar-refractivity contribution in [2.24, 2.45) is 5.73 Å². The minimum atomic E-state index is -0.424. The zero-order valence-corrected chi connectivity index (χ0v) is 20.6. The van der Waals surface area contributed by atoms with Crippen molar-refractivity contribution < 1.29 is 5.02 Å². The Balaban J connectivity index is 1.70. The second-order valence-electron chi connectivity index (χ2n) is 8.50. The van der Waals surface area contributed by atoms with Crippen LogP contribution >= 0.6 is 11.8 Å². The number of hydrogen-bond donors (Lipinski definition) is 2. The lowest BCUT2D eigenvalue weighted by Crippen LogP contribution is -2.41. The van der Waals surface area contributed by atoms with Gasteiger partial charge in [0.05, 0.1) is 4.75 Å². The van der Waals surface area contributed by atoms with E-state index in [0.29, 0.717) is 6.54 Å². The average Bonchev–Trinajstić information content (AvgIpc) is 2.86. The molecule has 0 fully saturated rings. The van der Waals surface area contributed by atoms with Gasteiger partial charge in [-0.25, -0.2) is 0 Å². The number of rotatable bonds is 14. The highest BCUT2D eigenvalue weighted by molar-refractivity contribution is 8.00. The highest BCUT2D eigenvalue weighted by atomic mass is 32.2. The van der Waals surface area contributed by atoms with Crippen LogP contribution in [0, 0.1) is 0 Å². The van der Waals surface area contributed by atoms with Crippen LogP contribution in [0.3, 0.4) is 0 Å². The van der Waals surface area contributed by atoms with Crippen molar-refractivity contribution >= 4 is 18.8 Å². The Morgan fingerprint density at radius 3 is 1.61 bits per heavy atom. The predicted octanol–water partition coefficient (Wildman–Crippen LogP) is 5.64. The molecule has 0 aromatic heterocycles. The van der Waals surface area contributed by atoms with Gasteiger partial charge in [0, 0.05) is 13.1 Å². The smallest absolute Gasteiger partial charge is 0.376 e. The lowest BCUT2D eigenvalue weighted by molar-refractivity contribution is 0.362. The number of benzene rings is 3. The lowest BCUT2D eigenvalue weighted by atomic mass is 9.84. The fourth-order valence-corrected chi connectivity index (χ4v) is 5.98. The first-order chi connectivity index (χ1) is 16.2. The number of hydrogen-bond acceptors (Lipinski definition) is 4. The number of nitrogens with two attached hydrogens (primary N) is 1. The van der Waals surface area contributed by atoms with Gasteiger partial charge in [0.2, 0.25) is 0 Å². The van der Waals surface area contributed by atoms with E-state index in [1.165, 1.54) is 36.0 Å². The van der Waals surface area contributed by atoms with Gasteiger partial charge in [-0.15, -0.1) is 11.8 Å². The third-order valence-electron chi connectivity index (χ3n) is 6.14. The fourth-order valence-electron chi connectivity index (χ4n) is 4.42. The van der Waals surface area contributed by atoms with Gasteiger partial charge in [-0.05, 0) is 48.7 Å². The minimum Gasteiger partial charge on any atom is -0.437 e. The highest BCUT2D eigenvalue weighted by Gasteiger charge is 2.36. The van der Waals surface area contributed by atoms with Crippen molar-refractivity contribution in [2.75, 3.05) is 25.4 Å². The molecule has 33 heavy (non-hydrogen) atoms. The molecule has 0 unspecified atom stereocenters. The molecule has 174 valence electrons. The zero-order chi connectivity index (χ0) is 23.4. The molecule has 0 saturated carbocycles. The maximum absolute atomic E-state index is 9.87. The Labute approximate surface area is 204 Å². The van der Waals surface area contributed by atoms with Crippen molar-refractivity contribution in [3.05, 3.63) is 108 Å². The molecule has 3 aromatic rings. The quantitative estimate of drug-likeness (QED) is 0.186. The van der Waals surface area contributed by atoms with Crippen LogP contribution in [0.15, 0.2) is 91.0 Å². The first-order valence-electron chi connectivity index (χ1n) is 12.1. The van der Waals surface area contributed by atoms with Gasteiger partial charge in [-0.2, -0.15) is 0 Å². The van der Waals surface area contributed by atoms with Crippen molar-refractivity contribution in [2.45, 2.75) is 37.3 Å². The molecule has 0 bridgehead atoms. The number of thioether (sulfide) groups is 1. The SMILES string of the molecule is CB(O)N(CCN)CCCCCCSC(c1ccccc1)(c1ccccc1)c1ccccc1. The summed E-state index contributed by atoms with van der Waals surface area (Å²) in [5.74, 6) is 1.08. The van der Waals surface area contributed by atoms with Gasteiger partial charge in [-0.1, -0.05) is 104 Å². The minimum absolute atomic E-state index is 0.228.